The molecule has 1 saturated carbocycles. The fourth-order valence-electron chi connectivity index (χ4n) is 3.36. The zero-order chi connectivity index (χ0) is 16.0. The summed E-state index contributed by atoms with van der Waals surface area (Å²) in [5.41, 5.74) is 0.958. The Morgan fingerprint density at radius 2 is 2.05 bits per heavy atom. The Balaban J connectivity index is 1.94. The molecule has 2 N–H and O–H groups in total. The highest BCUT2D eigenvalue weighted by atomic mass is 16.1. The van der Waals surface area contributed by atoms with Gasteiger partial charge in [-0.05, 0) is 46.0 Å². The second-order valence-electron chi connectivity index (χ2n) is 6.59. The fourth-order valence-corrected chi connectivity index (χ4v) is 3.36. The van der Waals surface area contributed by atoms with Gasteiger partial charge in [0.05, 0.1) is 5.56 Å². The number of carbonyl (C=O) groups excluding carboxylic acids is 1. The zero-order valence-corrected chi connectivity index (χ0v) is 14.0. The molecular weight excluding hydrogens is 276 g/mol. The minimum atomic E-state index is -0.0681. The van der Waals surface area contributed by atoms with Crippen LogP contribution in [0, 0.1) is 5.41 Å². The first kappa shape index (κ1) is 16.7. The van der Waals surface area contributed by atoms with E-state index in [-0.39, 0.29) is 5.91 Å². The molecule has 0 spiro atoms. The van der Waals surface area contributed by atoms with Crippen LogP contribution in [0.5, 0.6) is 0 Å². The maximum Gasteiger partial charge on any atom is 0.252 e. The molecular formula is C17H28N4O. The van der Waals surface area contributed by atoms with Gasteiger partial charge in [-0.2, -0.15) is 0 Å². The van der Waals surface area contributed by atoms with E-state index in [0.717, 1.165) is 18.9 Å². The summed E-state index contributed by atoms with van der Waals surface area (Å²) in [6.45, 7) is 4.59. The van der Waals surface area contributed by atoms with Crippen LogP contribution in [0.15, 0.2) is 18.3 Å². The zero-order valence-electron chi connectivity index (χ0n) is 14.0. The van der Waals surface area contributed by atoms with Gasteiger partial charge in [0.2, 0.25) is 0 Å². The quantitative estimate of drug-likeness (QED) is 0.812. The molecule has 5 heteroatoms. The van der Waals surface area contributed by atoms with E-state index in [4.69, 9.17) is 0 Å². The minimum absolute atomic E-state index is 0.0681. The van der Waals surface area contributed by atoms with E-state index in [1.165, 1.54) is 25.7 Å². The molecule has 22 heavy (non-hydrogen) atoms. The van der Waals surface area contributed by atoms with Gasteiger partial charge in [-0.15, -0.1) is 0 Å². The van der Waals surface area contributed by atoms with Gasteiger partial charge < -0.3 is 15.5 Å². The molecule has 0 aromatic carbocycles. The van der Waals surface area contributed by atoms with Gasteiger partial charge in [0.15, 0.2) is 0 Å². The van der Waals surface area contributed by atoms with Crippen molar-refractivity contribution in [3.05, 3.63) is 23.9 Å². The van der Waals surface area contributed by atoms with E-state index in [1.807, 2.05) is 19.1 Å². The Labute approximate surface area is 133 Å². The number of pyridine rings is 1. The SMILES string of the molecule is CCNC(=O)c1ccc(NCC2(CN(C)C)CCCC2)nc1. The topological polar surface area (TPSA) is 57.3 Å². The lowest BCUT2D eigenvalue weighted by Crippen LogP contribution is -2.37. The van der Waals surface area contributed by atoms with Crippen LogP contribution in [0.1, 0.15) is 43.0 Å². The van der Waals surface area contributed by atoms with E-state index in [9.17, 15) is 4.79 Å². The highest BCUT2D eigenvalue weighted by Gasteiger charge is 2.34. The van der Waals surface area contributed by atoms with Gasteiger partial charge in [0.1, 0.15) is 5.82 Å². The number of hydrogen-bond acceptors (Lipinski definition) is 4. The van der Waals surface area contributed by atoms with Crippen molar-refractivity contribution in [1.82, 2.24) is 15.2 Å². The summed E-state index contributed by atoms with van der Waals surface area (Å²) >= 11 is 0. The average Bonchev–Trinajstić information content (AvgIpc) is 2.94. The molecule has 0 unspecified atom stereocenters. The third kappa shape index (κ3) is 4.44. The van der Waals surface area contributed by atoms with Gasteiger partial charge in [-0.25, -0.2) is 4.98 Å². The Kier molecular flexibility index (Phi) is 5.77. The van der Waals surface area contributed by atoms with Crippen molar-refractivity contribution in [3.63, 3.8) is 0 Å². The minimum Gasteiger partial charge on any atom is -0.369 e. The predicted octanol–water partition coefficient (Wildman–Crippen LogP) is 2.37. The van der Waals surface area contributed by atoms with Crippen LogP contribution in [-0.4, -0.2) is 49.5 Å². The number of anilines is 1. The molecule has 1 amide bonds. The first-order chi connectivity index (χ1) is 10.5. The summed E-state index contributed by atoms with van der Waals surface area (Å²) in [5.74, 6) is 0.777. The van der Waals surface area contributed by atoms with Crippen LogP contribution in [0.25, 0.3) is 0 Å². The van der Waals surface area contributed by atoms with Crippen LogP contribution in [-0.2, 0) is 0 Å². The number of nitrogens with one attached hydrogen (secondary N) is 2. The standard InChI is InChI=1S/C17H28N4O/c1-4-18-16(22)14-7-8-15(19-11-14)20-12-17(13-21(2)3)9-5-6-10-17/h7-8,11H,4-6,9-10,12-13H2,1-3H3,(H,18,22)(H,19,20). The Morgan fingerprint density at radius 3 is 2.59 bits per heavy atom. The second kappa shape index (κ2) is 7.58. The molecule has 1 aliphatic rings. The van der Waals surface area contributed by atoms with Crippen LogP contribution < -0.4 is 10.6 Å². The molecule has 0 atom stereocenters. The molecule has 1 aromatic rings. The van der Waals surface area contributed by atoms with E-state index < -0.39 is 0 Å². The molecule has 1 heterocycles. The van der Waals surface area contributed by atoms with E-state index in [1.54, 1.807) is 6.20 Å². The molecule has 1 aromatic heterocycles. The van der Waals surface area contributed by atoms with Crippen LogP contribution in [0.2, 0.25) is 0 Å². The maximum atomic E-state index is 11.7. The number of carbonyl (C=O) groups is 1. The third-order valence-corrected chi connectivity index (χ3v) is 4.32. The monoisotopic (exact) mass is 304 g/mol. The summed E-state index contributed by atoms with van der Waals surface area (Å²) in [5, 5.41) is 6.24. The number of rotatable bonds is 7. The third-order valence-electron chi connectivity index (χ3n) is 4.32. The van der Waals surface area contributed by atoms with Gasteiger partial charge in [0.25, 0.3) is 5.91 Å². The lowest BCUT2D eigenvalue weighted by molar-refractivity contribution is 0.0955. The average molecular weight is 304 g/mol. The van der Waals surface area contributed by atoms with Crippen molar-refractivity contribution in [1.29, 1.82) is 0 Å². The summed E-state index contributed by atoms with van der Waals surface area (Å²) in [6.07, 6.45) is 6.82. The molecule has 2 rings (SSSR count). The second-order valence-corrected chi connectivity index (χ2v) is 6.59. The Morgan fingerprint density at radius 1 is 1.32 bits per heavy atom. The highest BCUT2D eigenvalue weighted by molar-refractivity contribution is 5.93. The van der Waals surface area contributed by atoms with Crippen LogP contribution in [0.3, 0.4) is 0 Å². The fraction of sp³-hybridized carbons (Fsp3) is 0.647. The molecule has 122 valence electrons. The number of hydrogen-bond donors (Lipinski definition) is 2. The van der Waals surface area contributed by atoms with Gasteiger partial charge in [-0.1, -0.05) is 12.8 Å². The molecule has 1 fully saturated rings. The molecule has 0 radical (unpaired) electrons. The lowest BCUT2D eigenvalue weighted by atomic mass is 9.85. The Hall–Kier alpha value is -1.62. The maximum absolute atomic E-state index is 11.7. The first-order valence-corrected chi connectivity index (χ1v) is 8.17. The predicted molar refractivity (Wildman–Crippen MR) is 90.2 cm³/mol. The van der Waals surface area contributed by atoms with Crippen LogP contribution >= 0.6 is 0 Å². The smallest absolute Gasteiger partial charge is 0.252 e. The summed E-state index contributed by atoms with van der Waals surface area (Å²) in [4.78, 5) is 18.4. The number of aromatic nitrogens is 1. The molecule has 0 bridgehead atoms. The van der Waals surface area contributed by atoms with Crippen molar-refractivity contribution in [2.24, 2.45) is 5.41 Å². The lowest BCUT2D eigenvalue weighted by Gasteiger charge is -2.32. The van der Waals surface area contributed by atoms with E-state index in [0.29, 0.717) is 17.5 Å². The van der Waals surface area contributed by atoms with Gasteiger partial charge >= 0.3 is 0 Å². The molecule has 0 aliphatic heterocycles. The van der Waals surface area contributed by atoms with E-state index in [2.05, 4.69) is 34.6 Å². The summed E-state index contributed by atoms with van der Waals surface area (Å²) in [7, 11) is 4.28. The Bertz CT molecular complexity index is 478. The summed E-state index contributed by atoms with van der Waals surface area (Å²) < 4.78 is 0. The highest BCUT2D eigenvalue weighted by Crippen LogP contribution is 2.38. The van der Waals surface area contributed by atoms with E-state index >= 15 is 0 Å². The number of amides is 1. The van der Waals surface area contributed by atoms with Crippen molar-refractivity contribution in [2.45, 2.75) is 32.6 Å². The van der Waals surface area contributed by atoms with Crippen molar-refractivity contribution < 1.29 is 4.79 Å². The molecule has 5 nitrogen and oxygen atoms in total. The van der Waals surface area contributed by atoms with Crippen molar-refractivity contribution in [3.8, 4) is 0 Å². The largest absolute Gasteiger partial charge is 0.369 e. The number of nitrogens with zero attached hydrogens (tertiary/aromatic N) is 2. The van der Waals surface area contributed by atoms with Crippen LogP contribution in [0.4, 0.5) is 5.82 Å². The normalized spacial score (nSPS) is 16.7. The van der Waals surface area contributed by atoms with Crippen molar-refractivity contribution >= 4 is 11.7 Å². The van der Waals surface area contributed by atoms with Crippen molar-refractivity contribution in [2.75, 3.05) is 39.0 Å². The molecule has 0 saturated heterocycles. The van der Waals surface area contributed by atoms with Gasteiger partial charge in [0, 0.05) is 31.2 Å². The first-order valence-electron chi connectivity index (χ1n) is 8.17. The van der Waals surface area contributed by atoms with Gasteiger partial charge in [-0.3, -0.25) is 4.79 Å². The summed E-state index contributed by atoms with van der Waals surface area (Å²) in [6, 6.07) is 3.72. The molecule has 1 aliphatic carbocycles.